The molecule has 0 spiro atoms. The first-order valence-corrected chi connectivity index (χ1v) is 6.75. The maximum absolute atomic E-state index is 10.9. The number of nitrogens with zero attached hydrogens (tertiary/aromatic N) is 1. The Morgan fingerprint density at radius 1 is 1.37 bits per heavy atom. The third kappa shape index (κ3) is 3.78. The molecule has 1 N–H and O–H groups in total. The summed E-state index contributed by atoms with van der Waals surface area (Å²) in [4.78, 5) is 13.3. The monoisotopic (exact) mass is 263 g/mol. The third-order valence-corrected chi connectivity index (χ3v) is 3.31. The van der Waals surface area contributed by atoms with E-state index < -0.39 is 5.97 Å². The van der Waals surface area contributed by atoms with E-state index in [1.807, 2.05) is 19.9 Å². The van der Waals surface area contributed by atoms with Crippen LogP contribution in [-0.4, -0.2) is 35.2 Å². The Balaban J connectivity index is 1.84. The van der Waals surface area contributed by atoms with Crippen molar-refractivity contribution in [3.8, 4) is 0 Å². The normalized spacial score (nSPS) is 14.9. The molecule has 4 heteroatoms. The van der Waals surface area contributed by atoms with E-state index in [2.05, 4.69) is 4.90 Å². The average Bonchev–Trinajstić information content (AvgIpc) is 2.75. The minimum absolute atomic E-state index is 0.286. The van der Waals surface area contributed by atoms with Crippen molar-refractivity contribution in [1.29, 1.82) is 0 Å². The number of hydrogen-bond acceptors (Lipinski definition) is 3. The number of benzene rings is 1. The fraction of sp³-hybridized carbons (Fsp3) is 0.533. The summed E-state index contributed by atoms with van der Waals surface area (Å²) in [6, 6.07) is 5.41. The van der Waals surface area contributed by atoms with Crippen LogP contribution in [0, 0.1) is 0 Å². The lowest BCUT2D eigenvalue weighted by molar-refractivity contribution is 0.0695. The first kappa shape index (κ1) is 14.0. The molecule has 0 atom stereocenters. The van der Waals surface area contributed by atoms with Gasteiger partial charge in [0.25, 0.3) is 0 Å². The van der Waals surface area contributed by atoms with Crippen LogP contribution in [0.2, 0.25) is 0 Å². The minimum Gasteiger partial charge on any atom is -0.478 e. The molecule has 0 aliphatic carbocycles. The van der Waals surface area contributed by atoms with E-state index in [1.54, 1.807) is 12.1 Å². The van der Waals surface area contributed by atoms with Gasteiger partial charge in [-0.2, -0.15) is 0 Å². The van der Waals surface area contributed by atoms with Gasteiger partial charge in [0.05, 0.1) is 11.7 Å². The highest BCUT2D eigenvalue weighted by Gasteiger charge is 2.19. The lowest BCUT2D eigenvalue weighted by atomic mass is 10.1. The maximum Gasteiger partial charge on any atom is 0.335 e. The Hall–Kier alpha value is -1.39. The largest absolute Gasteiger partial charge is 0.478 e. The van der Waals surface area contributed by atoms with E-state index in [1.165, 1.54) is 5.56 Å². The zero-order valence-electron chi connectivity index (χ0n) is 11.6. The van der Waals surface area contributed by atoms with Crippen molar-refractivity contribution in [2.24, 2.45) is 0 Å². The van der Waals surface area contributed by atoms with Gasteiger partial charge < -0.3 is 9.84 Å². The SMILES string of the molecule is CC(C)OCCCN1Cc2ccc(C(=O)O)cc2C1. The first-order chi connectivity index (χ1) is 9.06. The summed E-state index contributed by atoms with van der Waals surface area (Å²) in [5, 5.41) is 8.98. The van der Waals surface area contributed by atoms with Crippen molar-refractivity contribution in [2.75, 3.05) is 13.2 Å². The molecule has 0 fully saturated rings. The predicted octanol–water partition coefficient (Wildman–Crippen LogP) is 2.52. The van der Waals surface area contributed by atoms with Crippen molar-refractivity contribution < 1.29 is 14.6 Å². The molecule has 19 heavy (non-hydrogen) atoms. The van der Waals surface area contributed by atoms with Gasteiger partial charge in [-0.15, -0.1) is 0 Å². The highest BCUT2D eigenvalue weighted by Crippen LogP contribution is 2.23. The molecule has 1 aliphatic rings. The van der Waals surface area contributed by atoms with Gasteiger partial charge in [0.15, 0.2) is 0 Å². The van der Waals surface area contributed by atoms with Crippen LogP contribution in [0.3, 0.4) is 0 Å². The minimum atomic E-state index is -0.855. The van der Waals surface area contributed by atoms with Gasteiger partial charge >= 0.3 is 5.97 Å². The van der Waals surface area contributed by atoms with Gasteiger partial charge in [0.2, 0.25) is 0 Å². The number of ether oxygens (including phenoxy) is 1. The zero-order chi connectivity index (χ0) is 13.8. The standard InChI is InChI=1S/C15H21NO3/c1-11(2)19-7-3-6-16-9-13-5-4-12(15(17)18)8-14(13)10-16/h4-5,8,11H,3,6-7,9-10H2,1-2H3,(H,17,18). The van der Waals surface area contributed by atoms with E-state index in [0.29, 0.717) is 5.56 Å². The second kappa shape index (κ2) is 6.17. The van der Waals surface area contributed by atoms with Crippen molar-refractivity contribution in [2.45, 2.75) is 39.5 Å². The molecule has 1 aromatic rings. The number of rotatable bonds is 6. The van der Waals surface area contributed by atoms with Gasteiger partial charge in [-0.3, -0.25) is 4.90 Å². The van der Waals surface area contributed by atoms with Crippen LogP contribution in [0.1, 0.15) is 41.8 Å². The van der Waals surface area contributed by atoms with Crippen LogP contribution in [0.15, 0.2) is 18.2 Å². The molecular weight excluding hydrogens is 242 g/mol. The Kier molecular flexibility index (Phi) is 4.56. The second-order valence-corrected chi connectivity index (χ2v) is 5.27. The molecule has 0 radical (unpaired) electrons. The predicted molar refractivity (Wildman–Crippen MR) is 73.2 cm³/mol. The van der Waals surface area contributed by atoms with E-state index >= 15 is 0 Å². The Morgan fingerprint density at radius 3 is 2.79 bits per heavy atom. The number of carboxylic acid groups (broad SMARTS) is 1. The zero-order valence-corrected chi connectivity index (χ0v) is 11.6. The molecule has 2 rings (SSSR count). The molecule has 1 aliphatic heterocycles. The summed E-state index contributed by atoms with van der Waals surface area (Å²) < 4.78 is 5.52. The Morgan fingerprint density at radius 2 is 2.11 bits per heavy atom. The average molecular weight is 263 g/mol. The Labute approximate surface area is 114 Å². The van der Waals surface area contributed by atoms with Gasteiger partial charge in [-0.1, -0.05) is 6.07 Å². The van der Waals surface area contributed by atoms with Crippen LogP contribution in [0.25, 0.3) is 0 Å². The molecule has 1 heterocycles. The quantitative estimate of drug-likeness (QED) is 0.801. The van der Waals surface area contributed by atoms with E-state index in [9.17, 15) is 4.79 Å². The summed E-state index contributed by atoms with van der Waals surface area (Å²) in [5.74, 6) is -0.855. The van der Waals surface area contributed by atoms with Crippen molar-refractivity contribution in [3.05, 3.63) is 34.9 Å². The molecule has 1 aromatic carbocycles. The van der Waals surface area contributed by atoms with Gasteiger partial charge in [-0.25, -0.2) is 4.79 Å². The number of hydrogen-bond donors (Lipinski definition) is 1. The molecule has 0 unspecified atom stereocenters. The third-order valence-electron chi connectivity index (χ3n) is 3.31. The van der Waals surface area contributed by atoms with E-state index in [4.69, 9.17) is 9.84 Å². The summed E-state index contributed by atoms with van der Waals surface area (Å²) in [6.07, 6.45) is 1.30. The van der Waals surface area contributed by atoms with Crippen LogP contribution in [0.5, 0.6) is 0 Å². The smallest absolute Gasteiger partial charge is 0.335 e. The maximum atomic E-state index is 10.9. The molecule has 0 amide bonds. The van der Waals surface area contributed by atoms with Crippen LogP contribution >= 0.6 is 0 Å². The van der Waals surface area contributed by atoms with Crippen molar-refractivity contribution >= 4 is 5.97 Å². The van der Waals surface area contributed by atoms with Gasteiger partial charge in [-0.05, 0) is 43.5 Å². The summed E-state index contributed by atoms with van der Waals surface area (Å²) in [6.45, 7) is 7.61. The van der Waals surface area contributed by atoms with E-state index in [-0.39, 0.29) is 6.10 Å². The van der Waals surface area contributed by atoms with Crippen molar-refractivity contribution in [1.82, 2.24) is 4.90 Å². The lowest BCUT2D eigenvalue weighted by Gasteiger charge is -2.15. The molecule has 0 aromatic heterocycles. The molecule has 4 nitrogen and oxygen atoms in total. The molecule has 0 bridgehead atoms. The van der Waals surface area contributed by atoms with Crippen molar-refractivity contribution in [3.63, 3.8) is 0 Å². The highest BCUT2D eigenvalue weighted by molar-refractivity contribution is 5.87. The highest BCUT2D eigenvalue weighted by atomic mass is 16.5. The van der Waals surface area contributed by atoms with Gasteiger partial charge in [0.1, 0.15) is 0 Å². The van der Waals surface area contributed by atoms with E-state index in [0.717, 1.165) is 38.2 Å². The molecule has 0 saturated carbocycles. The first-order valence-electron chi connectivity index (χ1n) is 6.75. The second-order valence-electron chi connectivity index (χ2n) is 5.27. The number of fused-ring (bicyclic) bond motifs is 1. The number of aromatic carboxylic acids is 1. The summed E-state index contributed by atoms with van der Waals surface area (Å²) in [7, 11) is 0. The van der Waals surface area contributed by atoms with Crippen LogP contribution in [0.4, 0.5) is 0 Å². The Bertz CT molecular complexity index is 457. The summed E-state index contributed by atoms with van der Waals surface area (Å²) >= 11 is 0. The fourth-order valence-electron chi connectivity index (χ4n) is 2.36. The topological polar surface area (TPSA) is 49.8 Å². The fourth-order valence-corrected chi connectivity index (χ4v) is 2.36. The number of carbonyl (C=O) groups is 1. The molecular formula is C15H21NO3. The van der Waals surface area contributed by atoms with Crippen LogP contribution in [-0.2, 0) is 17.8 Å². The number of carboxylic acids is 1. The molecule has 104 valence electrons. The lowest BCUT2D eigenvalue weighted by Crippen LogP contribution is -2.19. The van der Waals surface area contributed by atoms with Gasteiger partial charge in [0, 0.05) is 26.2 Å². The van der Waals surface area contributed by atoms with Crippen LogP contribution < -0.4 is 0 Å². The molecule has 0 saturated heterocycles. The summed E-state index contributed by atoms with van der Waals surface area (Å²) in [5.41, 5.74) is 2.77.